The van der Waals surface area contributed by atoms with Gasteiger partial charge in [0.25, 0.3) is 0 Å². The van der Waals surface area contributed by atoms with Gasteiger partial charge in [0, 0.05) is 6.20 Å². The molecule has 160 valence electrons. The topological polar surface area (TPSA) is 59.4 Å². The summed E-state index contributed by atoms with van der Waals surface area (Å²) >= 11 is 1.68. The number of nitrogens with zero attached hydrogens (tertiary/aromatic N) is 1. The van der Waals surface area contributed by atoms with Crippen LogP contribution in [0.15, 0.2) is 66.9 Å². The summed E-state index contributed by atoms with van der Waals surface area (Å²) in [5.41, 5.74) is 0.701. The molecule has 2 aliphatic rings. The van der Waals surface area contributed by atoms with E-state index in [0.717, 1.165) is 27.6 Å². The highest BCUT2D eigenvalue weighted by molar-refractivity contribution is 7.15. The standard InChI is InChI=1S/C26H27NO3S/c28-24(29)25(21-9-5-2-6-10-21)13-15-26(16-14-25,30-18-19-11-12-19)23-27-17-22(31-23)20-7-3-1-4-8-20/h1-10,17,19H,11-16,18H2,(H,28,29)/t25-,26-. The highest BCUT2D eigenvalue weighted by Crippen LogP contribution is 2.51. The number of ether oxygens (including phenoxy) is 1. The summed E-state index contributed by atoms with van der Waals surface area (Å²) in [5, 5.41) is 11.2. The lowest BCUT2D eigenvalue weighted by molar-refractivity contribution is -0.151. The third kappa shape index (κ3) is 3.92. The van der Waals surface area contributed by atoms with E-state index in [-0.39, 0.29) is 0 Å². The van der Waals surface area contributed by atoms with E-state index < -0.39 is 17.0 Å². The molecule has 0 atom stereocenters. The Morgan fingerprint density at radius 2 is 1.65 bits per heavy atom. The van der Waals surface area contributed by atoms with Crippen molar-refractivity contribution in [1.82, 2.24) is 4.98 Å². The Morgan fingerprint density at radius 3 is 2.26 bits per heavy atom. The van der Waals surface area contributed by atoms with Crippen LogP contribution in [0.4, 0.5) is 0 Å². The molecular formula is C26H27NO3S. The molecule has 0 bridgehead atoms. The minimum Gasteiger partial charge on any atom is -0.481 e. The van der Waals surface area contributed by atoms with Gasteiger partial charge in [-0.1, -0.05) is 60.7 Å². The molecule has 2 saturated carbocycles. The normalized spacial score (nSPS) is 25.9. The molecule has 1 aromatic heterocycles. The van der Waals surface area contributed by atoms with Gasteiger partial charge in [-0.25, -0.2) is 4.98 Å². The van der Waals surface area contributed by atoms with E-state index in [0.29, 0.717) is 31.6 Å². The molecule has 0 aliphatic heterocycles. The van der Waals surface area contributed by atoms with Gasteiger partial charge in [0.1, 0.15) is 10.6 Å². The van der Waals surface area contributed by atoms with Gasteiger partial charge < -0.3 is 9.84 Å². The SMILES string of the molecule is O=C(O)[C@]1(c2ccccc2)CC[C@](OCC2CC2)(c2ncc(-c3ccccc3)s2)CC1. The molecule has 4 nitrogen and oxygen atoms in total. The van der Waals surface area contributed by atoms with E-state index in [9.17, 15) is 9.90 Å². The van der Waals surface area contributed by atoms with Crippen LogP contribution in [0.5, 0.6) is 0 Å². The summed E-state index contributed by atoms with van der Waals surface area (Å²) in [5.74, 6) is -0.0932. The number of benzene rings is 2. The number of aromatic nitrogens is 1. The molecule has 1 heterocycles. The lowest BCUT2D eigenvalue weighted by Gasteiger charge is -2.43. The Bertz CT molecular complexity index is 1030. The maximum Gasteiger partial charge on any atom is 0.314 e. The lowest BCUT2D eigenvalue weighted by atomic mass is 9.65. The molecule has 2 fully saturated rings. The highest BCUT2D eigenvalue weighted by Gasteiger charge is 2.51. The third-order valence-corrected chi connectivity index (χ3v) is 8.12. The molecule has 0 spiro atoms. The van der Waals surface area contributed by atoms with Crippen molar-refractivity contribution < 1.29 is 14.6 Å². The number of carboxylic acid groups (broad SMARTS) is 1. The van der Waals surface area contributed by atoms with Gasteiger partial charge in [-0.2, -0.15) is 0 Å². The van der Waals surface area contributed by atoms with E-state index in [2.05, 4.69) is 12.1 Å². The molecular weight excluding hydrogens is 406 g/mol. The maximum atomic E-state index is 12.4. The van der Waals surface area contributed by atoms with Crippen molar-refractivity contribution in [3.8, 4) is 10.4 Å². The molecule has 0 unspecified atom stereocenters. The molecule has 5 rings (SSSR count). The van der Waals surface area contributed by atoms with Crippen LogP contribution >= 0.6 is 11.3 Å². The van der Waals surface area contributed by atoms with Crippen LogP contribution in [0.2, 0.25) is 0 Å². The Balaban J connectivity index is 1.45. The van der Waals surface area contributed by atoms with Gasteiger partial charge in [-0.05, 0) is 55.6 Å². The number of carbonyl (C=O) groups is 1. The number of rotatable bonds is 7. The van der Waals surface area contributed by atoms with Crippen LogP contribution in [-0.4, -0.2) is 22.7 Å². The zero-order valence-corrected chi connectivity index (χ0v) is 18.3. The number of hydrogen-bond donors (Lipinski definition) is 1. The summed E-state index contributed by atoms with van der Waals surface area (Å²) in [6, 6.07) is 20.0. The van der Waals surface area contributed by atoms with E-state index >= 15 is 0 Å². The average molecular weight is 434 g/mol. The second kappa shape index (κ2) is 8.21. The Kier molecular flexibility index (Phi) is 5.40. The van der Waals surface area contributed by atoms with Crippen molar-refractivity contribution in [3.63, 3.8) is 0 Å². The number of hydrogen-bond acceptors (Lipinski definition) is 4. The van der Waals surface area contributed by atoms with Crippen molar-refractivity contribution in [2.75, 3.05) is 6.61 Å². The number of carboxylic acids is 1. The Hall–Kier alpha value is -2.50. The molecule has 0 radical (unpaired) electrons. The van der Waals surface area contributed by atoms with Gasteiger partial charge in [0.15, 0.2) is 0 Å². The molecule has 0 amide bonds. The molecule has 31 heavy (non-hydrogen) atoms. The van der Waals surface area contributed by atoms with Gasteiger partial charge >= 0.3 is 5.97 Å². The molecule has 2 aliphatic carbocycles. The molecule has 2 aromatic carbocycles. The van der Waals surface area contributed by atoms with Crippen LogP contribution < -0.4 is 0 Å². The van der Waals surface area contributed by atoms with E-state index in [1.165, 1.54) is 12.8 Å². The third-order valence-electron chi connectivity index (χ3n) is 6.89. The smallest absolute Gasteiger partial charge is 0.314 e. The van der Waals surface area contributed by atoms with E-state index in [1.807, 2.05) is 54.7 Å². The zero-order valence-electron chi connectivity index (χ0n) is 17.5. The molecule has 1 N–H and O–H groups in total. The van der Waals surface area contributed by atoms with Crippen molar-refractivity contribution in [1.29, 1.82) is 0 Å². The van der Waals surface area contributed by atoms with Crippen molar-refractivity contribution in [2.45, 2.75) is 49.5 Å². The van der Waals surface area contributed by atoms with Crippen molar-refractivity contribution in [3.05, 3.63) is 77.4 Å². The molecule has 0 saturated heterocycles. The maximum absolute atomic E-state index is 12.4. The Labute approximate surface area is 186 Å². The summed E-state index contributed by atoms with van der Waals surface area (Å²) in [6.45, 7) is 0.742. The fraction of sp³-hybridized carbons (Fsp3) is 0.385. The average Bonchev–Trinajstić information content (AvgIpc) is 3.52. The first-order valence-corrected chi connectivity index (χ1v) is 11.9. The summed E-state index contributed by atoms with van der Waals surface area (Å²) in [6.07, 6.45) is 6.84. The minimum atomic E-state index is -0.854. The first-order chi connectivity index (χ1) is 15.1. The summed E-state index contributed by atoms with van der Waals surface area (Å²) in [7, 11) is 0. The molecule has 3 aromatic rings. The van der Waals surface area contributed by atoms with Crippen LogP contribution in [0.25, 0.3) is 10.4 Å². The Morgan fingerprint density at radius 1 is 1.00 bits per heavy atom. The van der Waals surface area contributed by atoms with Gasteiger partial charge in [-0.3, -0.25) is 4.79 Å². The van der Waals surface area contributed by atoms with E-state index in [1.54, 1.807) is 11.3 Å². The van der Waals surface area contributed by atoms with Crippen LogP contribution in [0.1, 0.15) is 49.1 Å². The fourth-order valence-corrected chi connectivity index (χ4v) is 5.79. The van der Waals surface area contributed by atoms with Gasteiger partial charge in [0.05, 0.1) is 16.9 Å². The lowest BCUT2D eigenvalue weighted by Crippen LogP contribution is -2.46. The predicted octanol–water partition coefficient (Wildman–Crippen LogP) is 6.03. The van der Waals surface area contributed by atoms with Crippen LogP contribution in [0.3, 0.4) is 0 Å². The second-order valence-electron chi connectivity index (χ2n) is 8.90. The largest absolute Gasteiger partial charge is 0.481 e. The monoisotopic (exact) mass is 433 g/mol. The fourth-order valence-electron chi connectivity index (χ4n) is 4.67. The first-order valence-electron chi connectivity index (χ1n) is 11.1. The van der Waals surface area contributed by atoms with Crippen LogP contribution in [0, 0.1) is 5.92 Å². The van der Waals surface area contributed by atoms with Gasteiger partial charge in [-0.15, -0.1) is 11.3 Å². The van der Waals surface area contributed by atoms with Gasteiger partial charge in [0.2, 0.25) is 0 Å². The van der Waals surface area contributed by atoms with Crippen LogP contribution in [-0.2, 0) is 20.5 Å². The quantitative estimate of drug-likeness (QED) is 0.494. The molecule has 5 heteroatoms. The second-order valence-corrected chi connectivity index (χ2v) is 9.93. The van der Waals surface area contributed by atoms with Crippen molar-refractivity contribution in [2.24, 2.45) is 5.92 Å². The predicted molar refractivity (Wildman–Crippen MR) is 122 cm³/mol. The van der Waals surface area contributed by atoms with E-state index in [4.69, 9.17) is 9.72 Å². The summed E-state index contributed by atoms with van der Waals surface area (Å²) < 4.78 is 6.59. The summed E-state index contributed by atoms with van der Waals surface area (Å²) in [4.78, 5) is 18.4. The van der Waals surface area contributed by atoms with Crippen molar-refractivity contribution >= 4 is 17.3 Å². The first kappa shape index (κ1) is 20.4. The number of thiazole rings is 1. The number of aliphatic carboxylic acids is 1. The highest BCUT2D eigenvalue weighted by atomic mass is 32.1. The zero-order chi connectivity index (χ0) is 21.3. The minimum absolute atomic E-state index is 0.492.